The van der Waals surface area contributed by atoms with Gasteiger partial charge >= 0.3 is 0 Å². The third-order valence-electron chi connectivity index (χ3n) is 4.54. The molecule has 0 fully saturated rings. The lowest BCUT2D eigenvalue weighted by molar-refractivity contribution is -0.689. The first-order chi connectivity index (χ1) is 12.3. The van der Waals surface area contributed by atoms with E-state index < -0.39 is 0 Å². The zero-order valence-electron chi connectivity index (χ0n) is 15.6. The highest BCUT2D eigenvalue weighted by atomic mass is 15.1. The number of aryl methyl sites for hydroxylation is 2. The maximum atomic E-state index is 3.55. The molecule has 3 aromatic rings. The SMILES string of the molecule is CCCCn1cc[n+](Cc2ccc(C[n+]3ccn(CCCC)c3)[nH]2)c1. The second-order valence-corrected chi connectivity index (χ2v) is 6.86. The van der Waals surface area contributed by atoms with E-state index in [0.717, 1.165) is 26.2 Å². The van der Waals surface area contributed by atoms with Crippen LogP contribution in [0.2, 0.25) is 0 Å². The number of aromatic amines is 1. The van der Waals surface area contributed by atoms with Gasteiger partial charge in [0.05, 0.1) is 24.5 Å². The summed E-state index contributed by atoms with van der Waals surface area (Å²) in [6, 6.07) is 4.39. The van der Waals surface area contributed by atoms with Crippen molar-refractivity contribution in [2.24, 2.45) is 0 Å². The molecule has 5 nitrogen and oxygen atoms in total. The Hall–Kier alpha value is -2.30. The van der Waals surface area contributed by atoms with Crippen LogP contribution in [-0.4, -0.2) is 14.1 Å². The minimum Gasteiger partial charge on any atom is -0.356 e. The van der Waals surface area contributed by atoms with Crippen LogP contribution in [0.5, 0.6) is 0 Å². The molecule has 0 aliphatic carbocycles. The van der Waals surface area contributed by atoms with Crippen LogP contribution in [-0.2, 0) is 26.2 Å². The number of imidazole rings is 2. The van der Waals surface area contributed by atoms with Gasteiger partial charge in [-0.2, -0.15) is 0 Å². The number of unbranched alkanes of at least 4 members (excludes halogenated alkanes) is 2. The van der Waals surface area contributed by atoms with Crippen molar-refractivity contribution in [1.82, 2.24) is 14.1 Å². The molecule has 0 bridgehead atoms. The fourth-order valence-corrected chi connectivity index (χ4v) is 3.08. The Labute approximate surface area is 150 Å². The van der Waals surface area contributed by atoms with E-state index in [9.17, 15) is 0 Å². The first-order valence-corrected chi connectivity index (χ1v) is 9.53. The third kappa shape index (κ3) is 5.08. The van der Waals surface area contributed by atoms with Crippen LogP contribution in [0.3, 0.4) is 0 Å². The molecule has 0 aromatic carbocycles. The van der Waals surface area contributed by atoms with Crippen LogP contribution in [0.15, 0.2) is 49.6 Å². The van der Waals surface area contributed by atoms with Crippen LogP contribution >= 0.6 is 0 Å². The molecule has 0 aliphatic heterocycles. The van der Waals surface area contributed by atoms with Crippen LogP contribution in [0.25, 0.3) is 0 Å². The molecular formula is C20H31N5+2. The monoisotopic (exact) mass is 341 g/mol. The molecule has 0 atom stereocenters. The van der Waals surface area contributed by atoms with Gasteiger partial charge in [0.1, 0.15) is 37.9 Å². The Morgan fingerprint density at radius 2 is 1.28 bits per heavy atom. The van der Waals surface area contributed by atoms with Gasteiger partial charge < -0.3 is 4.98 Å². The van der Waals surface area contributed by atoms with Crippen molar-refractivity contribution < 1.29 is 9.13 Å². The summed E-state index contributed by atoms with van der Waals surface area (Å²) in [5, 5.41) is 0. The molecule has 0 saturated heterocycles. The molecule has 0 amide bonds. The molecule has 0 radical (unpaired) electrons. The van der Waals surface area contributed by atoms with Gasteiger partial charge in [-0.25, -0.2) is 18.3 Å². The topological polar surface area (TPSA) is 33.4 Å². The number of aromatic nitrogens is 5. The smallest absolute Gasteiger partial charge is 0.244 e. The van der Waals surface area contributed by atoms with E-state index in [1.54, 1.807) is 0 Å². The Morgan fingerprint density at radius 1 is 0.800 bits per heavy atom. The quantitative estimate of drug-likeness (QED) is 0.550. The zero-order valence-corrected chi connectivity index (χ0v) is 15.6. The second-order valence-electron chi connectivity index (χ2n) is 6.86. The predicted molar refractivity (Wildman–Crippen MR) is 98.1 cm³/mol. The summed E-state index contributed by atoms with van der Waals surface area (Å²) < 4.78 is 9.00. The van der Waals surface area contributed by atoms with Crippen LogP contribution in [0.4, 0.5) is 0 Å². The normalized spacial score (nSPS) is 11.3. The Kier molecular flexibility index (Phi) is 6.09. The summed E-state index contributed by atoms with van der Waals surface area (Å²) in [7, 11) is 0. The van der Waals surface area contributed by atoms with E-state index in [0.29, 0.717) is 0 Å². The van der Waals surface area contributed by atoms with Gasteiger partial charge in [-0.15, -0.1) is 0 Å². The maximum absolute atomic E-state index is 3.55. The molecule has 134 valence electrons. The highest BCUT2D eigenvalue weighted by Crippen LogP contribution is 2.02. The Balaban J connectivity index is 1.55. The molecule has 25 heavy (non-hydrogen) atoms. The van der Waals surface area contributed by atoms with E-state index in [1.165, 1.54) is 37.1 Å². The largest absolute Gasteiger partial charge is 0.356 e. The van der Waals surface area contributed by atoms with Gasteiger partial charge in [0, 0.05) is 0 Å². The van der Waals surface area contributed by atoms with Gasteiger partial charge in [0.25, 0.3) is 0 Å². The van der Waals surface area contributed by atoms with Gasteiger partial charge in [-0.1, -0.05) is 26.7 Å². The lowest BCUT2D eigenvalue weighted by Gasteiger charge is -1.96. The first kappa shape index (κ1) is 17.5. The highest BCUT2D eigenvalue weighted by molar-refractivity contribution is 5.11. The maximum Gasteiger partial charge on any atom is 0.244 e. The molecule has 3 rings (SSSR count). The molecule has 0 aliphatic rings. The minimum absolute atomic E-state index is 0.890. The van der Waals surface area contributed by atoms with Crippen molar-refractivity contribution >= 4 is 0 Å². The van der Waals surface area contributed by atoms with Crippen LogP contribution in [0, 0.1) is 0 Å². The summed E-state index contributed by atoms with van der Waals surface area (Å²) >= 11 is 0. The lowest BCUT2D eigenvalue weighted by atomic mass is 10.3. The fourth-order valence-electron chi connectivity index (χ4n) is 3.08. The molecule has 3 heterocycles. The average molecular weight is 342 g/mol. The molecule has 5 heteroatoms. The van der Waals surface area contributed by atoms with Crippen molar-refractivity contribution in [2.45, 2.75) is 65.7 Å². The Bertz CT molecular complexity index is 702. The number of hydrogen-bond acceptors (Lipinski definition) is 0. The molecular weight excluding hydrogens is 310 g/mol. The molecule has 0 unspecified atom stereocenters. The van der Waals surface area contributed by atoms with E-state index in [1.807, 2.05) is 0 Å². The summed E-state index contributed by atoms with van der Waals surface area (Å²) in [5.74, 6) is 0. The summed E-state index contributed by atoms with van der Waals surface area (Å²) in [5.41, 5.74) is 2.50. The van der Waals surface area contributed by atoms with Crippen molar-refractivity contribution in [3.63, 3.8) is 0 Å². The average Bonchev–Trinajstić information content (AvgIpc) is 3.34. The fraction of sp³-hybridized carbons (Fsp3) is 0.500. The van der Waals surface area contributed by atoms with E-state index in [-0.39, 0.29) is 0 Å². The Morgan fingerprint density at radius 3 is 1.72 bits per heavy atom. The lowest BCUT2D eigenvalue weighted by Crippen LogP contribution is -2.33. The number of nitrogens with one attached hydrogen (secondary N) is 1. The third-order valence-corrected chi connectivity index (χ3v) is 4.54. The van der Waals surface area contributed by atoms with Crippen molar-refractivity contribution in [3.05, 3.63) is 61.0 Å². The van der Waals surface area contributed by atoms with E-state index in [2.05, 4.69) is 86.7 Å². The molecule has 0 saturated carbocycles. The molecule has 1 N–H and O–H groups in total. The molecule has 3 aromatic heterocycles. The second kappa shape index (κ2) is 8.70. The highest BCUT2D eigenvalue weighted by Gasteiger charge is 2.09. The number of nitrogens with zero attached hydrogens (tertiary/aromatic N) is 4. The van der Waals surface area contributed by atoms with E-state index in [4.69, 9.17) is 0 Å². The van der Waals surface area contributed by atoms with Gasteiger partial charge in [0.15, 0.2) is 0 Å². The summed E-state index contributed by atoms with van der Waals surface area (Å²) in [4.78, 5) is 3.55. The molecule has 0 spiro atoms. The van der Waals surface area contributed by atoms with Crippen molar-refractivity contribution in [1.29, 1.82) is 0 Å². The van der Waals surface area contributed by atoms with Crippen LogP contribution in [0.1, 0.15) is 50.9 Å². The first-order valence-electron chi connectivity index (χ1n) is 9.53. The van der Waals surface area contributed by atoms with Crippen molar-refractivity contribution in [3.8, 4) is 0 Å². The van der Waals surface area contributed by atoms with Gasteiger partial charge in [-0.05, 0) is 25.0 Å². The number of rotatable bonds is 10. The van der Waals surface area contributed by atoms with E-state index >= 15 is 0 Å². The number of H-pyrrole nitrogens is 1. The predicted octanol–water partition coefficient (Wildman–Crippen LogP) is 2.89. The summed E-state index contributed by atoms with van der Waals surface area (Å²) in [6.45, 7) is 8.45. The van der Waals surface area contributed by atoms with Gasteiger partial charge in [0.2, 0.25) is 12.7 Å². The summed E-state index contributed by atoms with van der Waals surface area (Å²) in [6.07, 6.45) is 17.9. The zero-order chi connectivity index (χ0) is 17.5. The standard InChI is InChI=1S/C20H31N5/c1-3-5-9-22-11-13-24(17-22)15-19-7-8-20(21-19)16-25-14-12-23(18-25)10-6-4-2/h7-8,11-14,17-18,21H,3-6,9-10,15-16H2,1-2H3/q+2. The minimum atomic E-state index is 0.890. The number of hydrogen-bond donors (Lipinski definition) is 1. The van der Waals surface area contributed by atoms with Crippen LogP contribution < -0.4 is 9.13 Å². The van der Waals surface area contributed by atoms with Gasteiger partial charge in [-0.3, -0.25) is 0 Å². The van der Waals surface area contributed by atoms with Crippen molar-refractivity contribution in [2.75, 3.05) is 0 Å².